The molecule has 0 fully saturated rings. The summed E-state index contributed by atoms with van der Waals surface area (Å²) in [6.45, 7) is 0.471. The molecule has 0 aliphatic heterocycles. The van der Waals surface area contributed by atoms with Crippen molar-refractivity contribution in [3.63, 3.8) is 0 Å². The summed E-state index contributed by atoms with van der Waals surface area (Å²) < 4.78 is 0. The number of carbonyl (C=O) groups excluding carboxylic acids is 3. The van der Waals surface area contributed by atoms with E-state index in [2.05, 4.69) is 10.6 Å². The number of aromatic hydroxyl groups is 1. The molecular weight excluding hydrogens is 534 g/mol. The van der Waals surface area contributed by atoms with Gasteiger partial charge in [-0.25, -0.2) is 4.79 Å². The molecule has 12 heteroatoms. The van der Waals surface area contributed by atoms with Gasteiger partial charge in [-0.05, 0) is 48.1 Å². The summed E-state index contributed by atoms with van der Waals surface area (Å²) in [6, 6.07) is 7.98. The zero-order valence-corrected chi connectivity index (χ0v) is 22.0. The van der Waals surface area contributed by atoms with Crippen molar-refractivity contribution >= 4 is 29.1 Å². The number of phenols is 1. The number of nitrogens with two attached hydrogens (primary N) is 1. The maximum atomic E-state index is 13.8. The number of phenolic OH excluding ortho intramolecular Hbond substituents is 1. The molecule has 41 heavy (non-hydrogen) atoms. The van der Waals surface area contributed by atoms with Crippen molar-refractivity contribution in [1.82, 2.24) is 5.32 Å². The first-order valence-corrected chi connectivity index (χ1v) is 13.0. The summed E-state index contributed by atoms with van der Waals surface area (Å²) >= 11 is 0. The number of carbonyl (C=O) groups is 4. The first-order valence-electron chi connectivity index (χ1n) is 13.0. The van der Waals surface area contributed by atoms with E-state index >= 15 is 0 Å². The van der Waals surface area contributed by atoms with Gasteiger partial charge in [0.1, 0.15) is 22.8 Å². The van der Waals surface area contributed by atoms with Crippen LogP contribution in [0.25, 0.3) is 0 Å². The van der Waals surface area contributed by atoms with Crippen molar-refractivity contribution in [2.45, 2.75) is 38.0 Å². The Bertz CT molecular complexity index is 1570. The van der Waals surface area contributed by atoms with Gasteiger partial charge in [0.2, 0.25) is 5.78 Å². The Balaban J connectivity index is 1.49. The molecular formula is C29H29N3O9. The largest absolute Gasteiger partial charge is 0.511 e. The number of allylic oxidation sites excluding steroid dienone is 2. The third-order valence-corrected chi connectivity index (χ3v) is 8.26. The quantitative estimate of drug-likeness (QED) is 0.179. The number of aliphatic hydroxyl groups is 3. The predicted octanol–water partition coefficient (Wildman–Crippen LogP) is 1.61. The number of ketones is 2. The van der Waals surface area contributed by atoms with E-state index in [1.807, 2.05) is 0 Å². The number of aromatic carboxylic acids is 1. The van der Waals surface area contributed by atoms with Crippen molar-refractivity contribution in [2.75, 3.05) is 12.4 Å². The Morgan fingerprint density at radius 3 is 2.37 bits per heavy atom. The van der Waals surface area contributed by atoms with Gasteiger partial charge in [0.05, 0.1) is 11.1 Å². The van der Waals surface area contributed by atoms with Crippen molar-refractivity contribution in [2.24, 2.45) is 17.6 Å². The van der Waals surface area contributed by atoms with E-state index in [-0.39, 0.29) is 48.3 Å². The number of hydrogen-bond acceptors (Lipinski definition) is 10. The molecule has 2 unspecified atom stereocenters. The first kappa shape index (κ1) is 27.9. The van der Waals surface area contributed by atoms with E-state index in [4.69, 9.17) is 10.8 Å². The van der Waals surface area contributed by atoms with Crippen LogP contribution >= 0.6 is 0 Å². The summed E-state index contributed by atoms with van der Waals surface area (Å²) in [5.74, 6) is -7.73. The summed E-state index contributed by atoms with van der Waals surface area (Å²) in [5.41, 5.74) is 3.91. The Morgan fingerprint density at radius 1 is 1.07 bits per heavy atom. The van der Waals surface area contributed by atoms with Crippen LogP contribution in [-0.2, 0) is 29.1 Å². The van der Waals surface area contributed by atoms with Crippen molar-refractivity contribution in [3.05, 3.63) is 80.8 Å². The number of carboxylic acids is 1. The van der Waals surface area contributed by atoms with Crippen LogP contribution < -0.4 is 16.4 Å². The number of hydrogen-bond donors (Lipinski definition) is 8. The minimum absolute atomic E-state index is 0.0524. The number of nitrogens with one attached hydrogen (secondary N) is 2. The molecule has 0 aromatic heterocycles. The average molecular weight is 564 g/mol. The number of carboxylic acid groups (broad SMARTS) is 1. The van der Waals surface area contributed by atoms with Crippen molar-refractivity contribution in [3.8, 4) is 5.75 Å². The molecule has 3 aliphatic rings. The van der Waals surface area contributed by atoms with E-state index < -0.39 is 58.0 Å². The molecule has 0 radical (unpaired) electrons. The second kappa shape index (κ2) is 10.1. The summed E-state index contributed by atoms with van der Waals surface area (Å²) in [4.78, 5) is 49.8. The molecule has 214 valence electrons. The maximum absolute atomic E-state index is 13.8. The second-order valence-corrected chi connectivity index (χ2v) is 10.6. The average Bonchev–Trinajstić information content (AvgIpc) is 2.92. The van der Waals surface area contributed by atoms with Crippen LogP contribution in [-0.4, -0.2) is 61.6 Å². The van der Waals surface area contributed by atoms with Crippen LogP contribution in [0.3, 0.4) is 0 Å². The minimum Gasteiger partial charge on any atom is -0.511 e. The molecule has 9 N–H and O–H groups in total. The van der Waals surface area contributed by atoms with Crippen LogP contribution in [0.15, 0.2) is 53.0 Å². The topological polar surface area (TPSA) is 220 Å². The van der Waals surface area contributed by atoms with Crippen molar-refractivity contribution < 1.29 is 44.7 Å². The normalized spacial score (nSPS) is 23.6. The second-order valence-electron chi connectivity index (χ2n) is 10.6. The Kier molecular flexibility index (Phi) is 6.84. The lowest BCUT2D eigenvalue weighted by Gasteiger charge is -2.45. The summed E-state index contributed by atoms with van der Waals surface area (Å²) in [5, 5.41) is 59.3. The fourth-order valence-corrected chi connectivity index (χ4v) is 6.21. The van der Waals surface area contributed by atoms with Gasteiger partial charge in [0.25, 0.3) is 5.91 Å². The fourth-order valence-electron chi connectivity index (χ4n) is 6.21. The first-order chi connectivity index (χ1) is 19.4. The molecule has 2 aromatic rings. The highest BCUT2D eigenvalue weighted by Gasteiger charge is 2.59. The van der Waals surface area contributed by atoms with Gasteiger partial charge in [-0.15, -0.1) is 0 Å². The Morgan fingerprint density at radius 2 is 1.76 bits per heavy atom. The third-order valence-electron chi connectivity index (χ3n) is 8.26. The number of anilines is 1. The summed E-state index contributed by atoms with van der Waals surface area (Å²) in [7, 11) is 1.66. The van der Waals surface area contributed by atoms with Gasteiger partial charge in [-0.3, -0.25) is 14.4 Å². The van der Waals surface area contributed by atoms with Gasteiger partial charge in [-0.1, -0.05) is 12.1 Å². The molecule has 0 bridgehead atoms. The van der Waals surface area contributed by atoms with Crippen LogP contribution in [0.2, 0.25) is 0 Å². The van der Waals surface area contributed by atoms with Crippen LogP contribution in [0.4, 0.5) is 5.69 Å². The number of fused-ring (bicyclic) bond motifs is 3. The number of aliphatic hydroxyl groups excluding tert-OH is 2. The van der Waals surface area contributed by atoms with E-state index in [0.29, 0.717) is 23.4 Å². The molecule has 0 saturated heterocycles. The van der Waals surface area contributed by atoms with Gasteiger partial charge in [0.15, 0.2) is 11.4 Å². The summed E-state index contributed by atoms with van der Waals surface area (Å²) in [6.07, 6.45) is -0.0399. The van der Waals surface area contributed by atoms with Gasteiger partial charge in [0, 0.05) is 49.3 Å². The molecule has 1 amide bonds. The molecule has 0 heterocycles. The molecule has 3 aliphatic carbocycles. The lowest BCUT2D eigenvalue weighted by molar-refractivity contribution is -0.144. The predicted molar refractivity (Wildman–Crippen MR) is 144 cm³/mol. The van der Waals surface area contributed by atoms with E-state index in [1.165, 1.54) is 12.1 Å². The van der Waals surface area contributed by atoms with Crippen molar-refractivity contribution in [1.29, 1.82) is 0 Å². The van der Waals surface area contributed by atoms with E-state index in [1.54, 1.807) is 25.2 Å². The zero-order chi connectivity index (χ0) is 29.8. The molecule has 0 saturated carbocycles. The molecule has 5 rings (SSSR count). The molecule has 3 atom stereocenters. The van der Waals surface area contributed by atoms with E-state index in [0.717, 1.165) is 5.56 Å². The highest BCUT2D eigenvalue weighted by Crippen LogP contribution is 2.52. The fraction of sp³-hybridized carbons (Fsp3) is 0.310. The maximum Gasteiger partial charge on any atom is 0.335 e. The zero-order valence-electron chi connectivity index (χ0n) is 22.0. The molecule has 2 aromatic carbocycles. The number of rotatable bonds is 7. The van der Waals surface area contributed by atoms with Gasteiger partial charge < -0.3 is 41.9 Å². The minimum atomic E-state index is -2.62. The smallest absolute Gasteiger partial charge is 0.335 e. The highest BCUT2D eigenvalue weighted by atomic mass is 16.4. The van der Waals surface area contributed by atoms with Gasteiger partial charge >= 0.3 is 5.97 Å². The monoisotopic (exact) mass is 563 g/mol. The van der Waals surface area contributed by atoms with Gasteiger partial charge in [-0.2, -0.15) is 0 Å². The number of amides is 1. The molecule has 12 nitrogen and oxygen atoms in total. The third kappa shape index (κ3) is 4.32. The van der Waals surface area contributed by atoms with Crippen LogP contribution in [0.5, 0.6) is 5.75 Å². The lowest BCUT2D eigenvalue weighted by Crippen LogP contribution is -2.57. The number of Topliss-reactive ketones (excluding diaryl/α,β-unsaturated/α-hetero) is 2. The number of primary amides is 1. The highest BCUT2D eigenvalue weighted by molar-refractivity contribution is 6.24. The van der Waals surface area contributed by atoms with Crippen LogP contribution in [0.1, 0.15) is 50.2 Å². The Labute approximate surface area is 233 Å². The van der Waals surface area contributed by atoms with Crippen LogP contribution in [0, 0.1) is 11.8 Å². The standard InChI is InChI=1S/C29H29N3O9/c1-31-18-8-15(11-32-10-12-2-4-13(5-3-12)28(39)40)23(34)21-17(18)7-14-6-16-9-19(33)22(27(30)38)26(37)29(16,41)25(36)20(14)24(21)35/h2-5,8,14,16,31-34,36,41H,6-7,9-11H2,1H3,(H2,30,38)(H,39,40)/t14?,16?,29-/m0/s1. The SMILES string of the molecule is CNc1cc(CNCc2ccc(C(=O)O)cc2)c(O)c2c1CC1CC3CC(O)=C(C(N)=O)C(=O)[C@@]3(O)C(O)=C1C2=O. The Hall–Kier alpha value is -4.68. The number of benzene rings is 2. The lowest BCUT2D eigenvalue weighted by atomic mass is 9.60. The molecule has 0 spiro atoms. The van der Waals surface area contributed by atoms with E-state index in [9.17, 15) is 39.6 Å².